The summed E-state index contributed by atoms with van der Waals surface area (Å²) in [4.78, 5) is 38.0. The topological polar surface area (TPSA) is 144 Å². The number of halogens is 1. The molecular weight excluding hydrogens is 449 g/mol. The second-order valence-corrected chi connectivity index (χ2v) is 8.39. The largest absolute Gasteiger partial charge is 0.369 e. The van der Waals surface area contributed by atoms with E-state index in [1.54, 1.807) is 24.5 Å². The molecule has 0 saturated heterocycles. The molecule has 3 aromatic rings. The molecule has 0 saturated carbocycles. The Kier molecular flexibility index (Phi) is 5.71. The SMILES string of the molecule is [B]c1c[nH]c(C(=O)NC[C@@H]2Cc3[nH]c(N)nc3C[C@H]2CNC(=O)c2cc(Br)c[nH]2)c1. The predicted octanol–water partition coefficient (Wildman–Crippen LogP) is 0.395. The zero-order valence-electron chi connectivity index (χ0n) is 16.1. The molecule has 0 unspecified atom stereocenters. The molecule has 2 atom stereocenters. The number of hydrogen-bond acceptors (Lipinski definition) is 4. The van der Waals surface area contributed by atoms with Gasteiger partial charge in [0.1, 0.15) is 19.2 Å². The minimum absolute atomic E-state index is 0.0940. The van der Waals surface area contributed by atoms with Crippen molar-refractivity contribution in [3.63, 3.8) is 0 Å². The molecule has 0 bridgehead atoms. The fourth-order valence-corrected chi connectivity index (χ4v) is 4.15. The minimum atomic E-state index is -0.222. The highest BCUT2D eigenvalue weighted by molar-refractivity contribution is 9.10. The quantitative estimate of drug-likeness (QED) is 0.290. The number of hydrogen-bond donors (Lipinski definition) is 6. The molecule has 7 N–H and O–H groups in total. The van der Waals surface area contributed by atoms with Crippen LogP contribution in [0.4, 0.5) is 5.95 Å². The maximum absolute atomic E-state index is 12.4. The third kappa shape index (κ3) is 4.45. The van der Waals surface area contributed by atoms with Crippen LogP contribution in [-0.4, -0.2) is 52.7 Å². The first kappa shape index (κ1) is 20.3. The van der Waals surface area contributed by atoms with Gasteiger partial charge in [-0.3, -0.25) is 9.59 Å². The average Bonchev–Trinajstić information content (AvgIpc) is 3.42. The van der Waals surface area contributed by atoms with Crippen molar-refractivity contribution in [2.45, 2.75) is 12.8 Å². The molecule has 0 spiro atoms. The Labute approximate surface area is 182 Å². The van der Waals surface area contributed by atoms with Crippen LogP contribution < -0.4 is 21.8 Å². The lowest BCUT2D eigenvalue weighted by Crippen LogP contribution is -2.42. The summed E-state index contributed by atoms with van der Waals surface area (Å²) < 4.78 is 0.812. The van der Waals surface area contributed by atoms with Crippen LogP contribution in [0.3, 0.4) is 0 Å². The number of aromatic amines is 3. The summed E-state index contributed by atoms with van der Waals surface area (Å²) in [5.74, 6) is 0.171. The number of nitrogens with zero attached hydrogens (tertiary/aromatic N) is 1. The van der Waals surface area contributed by atoms with Crippen molar-refractivity contribution in [1.82, 2.24) is 30.6 Å². The number of nitrogens with one attached hydrogen (secondary N) is 5. The summed E-state index contributed by atoms with van der Waals surface area (Å²) in [5, 5.41) is 5.93. The lowest BCUT2D eigenvalue weighted by Gasteiger charge is -2.31. The number of anilines is 1. The molecule has 0 fully saturated rings. The summed E-state index contributed by atoms with van der Waals surface area (Å²) >= 11 is 3.33. The molecule has 4 rings (SSSR count). The van der Waals surface area contributed by atoms with Gasteiger partial charge in [0, 0.05) is 29.5 Å². The summed E-state index contributed by atoms with van der Waals surface area (Å²) in [6.07, 6.45) is 4.63. The fraction of sp³-hybridized carbons (Fsp3) is 0.316. The fourth-order valence-electron chi connectivity index (χ4n) is 3.81. The van der Waals surface area contributed by atoms with E-state index < -0.39 is 0 Å². The van der Waals surface area contributed by atoms with Crippen LogP contribution in [0.5, 0.6) is 0 Å². The molecule has 2 radical (unpaired) electrons. The number of H-pyrrole nitrogens is 3. The van der Waals surface area contributed by atoms with E-state index in [1.807, 2.05) is 0 Å². The molecule has 3 heterocycles. The molecule has 2 amide bonds. The lowest BCUT2D eigenvalue weighted by atomic mass is 9.79. The zero-order chi connectivity index (χ0) is 21.3. The Morgan fingerprint density at radius 2 is 1.73 bits per heavy atom. The standard InChI is InChI=1S/C19H21BBrN7O2/c20-11-3-15(23-7-11)17(29)25-5-9-1-13-14(28-19(22)27-13)2-10(9)6-26-18(30)16-4-12(21)8-24-16/h3-4,7-10,23-24H,1-2,5-6H2,(H,25,29)(H,26,30)(H3,22,27,28)/t9-,10-/m0/s1. The van der Waals surface area contributed by atoms with E-state index in [4.69, 9.17) is 13.6 Å². The van der Waals surface area contributed by atoms with Gasteiger partial charge in [-0.25, -0.2) is 4.98 Å². The average molecular weight is 470 g/mol. The van der Waals surface area contributed by atoms with Gasteiger partial charge >= 0.3 is 0 Å². The van der Waals surface area contributed by atoms with Crippen LogP contribution >= 0.6 is 15.9 Å². The number of imidazole rings is 1. The van der Waals surface area contributed by atoms with E-state index in [-0.39, 0.29) is 23.7 Å². The van der Waals surface area contributed by atoms with Gasteiger partial charge in [-0.15, -0.1) is 0 Å². The Morgan fingerprint density at radius 1 is 1.10 bits per heavy atom. The molecule has 1 aliphatic carbocycles. The van der Waals surface area contributed by atoms with Gasteiger partial charge < -0.3 is 31.3 Å². The first-order valence-corrected chi connectivity index (χ1v) is 10.4. The van der Waals surface area contributed by atoms with E-state index in [0.717, 1.165) is 15.9 Å². The molecule has 9 nitrogen and oxygen atoms in total. The summed E-state index contributed by atoms with van der Waals surface area (Å²) in [6.45, 7) is 0.905. The van der Waals surface area contributed by atoms with Gasteiger partial charge in [-0.1, -0.05) is 5.46 Å². The Bertz CT molecular complexity index is 991. The number of amides is 2. The van der Waals surface area contributed by atoms with E-state index >= 15 is 0 Å². The van der Waals surface area contributed by atoms with E-state index in [1.165, 1.54) is 0 Å². The lowest BCUT2D eigenvalue weighted by molar-refractivity contribution is 0.0911. The van der Waals surface area contributed by atoms with Crippen LogP contribution in [0.15, 0.2) is 29.0 Å². The molecule has 0 aromatic carbocycles. The second kappa shape index (κ2) is 8.43. The van der Waals surface area contributed by atoms with Crippen LogP contribution in [0, 0.1) is 11.8 Å². The highest BCUT2D eigenvalue weighted by Crippen LogP contribution is 2.29. The molecule has 0 aliphatic heterocycles. The van der Waals surface area contributed by atoms with Crippen molar-refractivity contribution in [2.24, 2.45) is 11.8 Å². The van der Waals surface area contributed by atoms with Gasteiger partial charge in [-0.2, -0.15) is 0 Å². The Morgan fingerprint density at radius 3 is 2.33 bits per heavy atom. The van der Waals surface area contributed by atoms with Crippen LogP contribution in [-0.2, 0) is 12.8 Å². The van der Waals surface area contributed by atoms with E-state index in [0.29, 0.717) is 48.7 Å². The normalized spacial score (nSPS) is 18.0. The van der Waals surface area contributed by atoms with Gasteiger partial charge in [0.2, 0.25) is 0 Å². The molecule has 154 valence electrons. The number of aromatic nitrogens is 4. The van der Waals surface area contributed by atoms with E-state index in [9.17, 15) is 9.59 Å². The first-order chi connectivity index (χ1) is 14.4. The van der Waals surface area contributed by atoms with Crippen molar-refractivity contribution in [3.8, 4) is 0 Å². The van der Waals surface area contributed by atoms with Crippen molar-refractivity contribution in [1.29, 1.82) is 0 Å². The van der Waals surface area contributed by atoms with E-state index in [2.05, 4.69) is 46.5 Å². The smallest absolute Gasteiger partial charge is 0.267 e. The number of nitrogen functional groups attached to an aromatic ring is 1. The number of rotatable bonds is 6. The molecule has 11 heteroatoms. The first-order valence-electron chi connectivity index (χ1n) is 9.56. The number of fused-ring (bicyclic) bond motifs is 1. The maximum Gasteiger partial charge on any atom is 0.267 e. The highest BCUT2D eigenvalue weighted by atomic mass is 79.9. The molecular formula is C19H21BBrN7O2. The number of carbonyl (C=O) groups is 2. The van der Waals surface area contributed by atoms with Crippen molar-refractivity contribution < 1.29 is 9.59 Å². The Hall–Kier alpha value is -2.95. The number of nitrogens with two attached hydrogens (primary N) is 1. The van der Waals surface area contributed by atoms with Gasteiger partial charge in [0.15, 0.2) is 5.95 Å². The van der Waals surface area contributed by atoms with Gasteiger partial charge in [0.05, 0.1) is 5.69 Å². The van der Waals surface area contributed by atoms with Crippen LogP contribution in [0.25, 0.3) is 0 Å². The Balaban J connectivity index is 1.43. The van der Waals surface area contributed by atoms with Gasteiger partial charge in [0.25, 0.3) is 11.8 Å². The van der Waals surface area contributed by atoms with Crippen molar-refractivity contribution in [2.75, 3.05) is 18.8 Å². The maximum atomic E-state index is 12.4. The molecule has 3 aromatic heterocycles. The minimum Gasteiger partial charge on any atom is -0.369 e. The monoisotopic (exact) mass is 469 g/mol. The third-order valence-corrected chi connectivity index (χ3v) is 5.82. The van der Waals surface area contributed by atoms with Crippen LogP contribution in [0.1, 0.15) is 32.4 Å². The summed E-state index contributed by atoms with van der Waals surface area (Å²) in [5.41, 5.74) is 9.11. The van der Waals surface area contributed by atoms with Crippen LogP contribution in [0.2, 0.25) is 0 Å². The highest BCUT2D eigenvalue weighted by Gasteiger charge is 2.31. The summed E-state index contributed by atoms with van der Waals surface area (Å²) in [7, 11) is 5.67. The number of carbonyl (C=O) groups excluding carboxylic acids is 2. The molecule has 1 aliphatic rings. The third-order valence-electron chi connectivity index (χ3n) is 5.36. The van der Waals surface area contributed by atoms with Gasteiger partial charge in [-0.05, 0) is 58.9 Å². The second-order valence-electron chi connectivity index (χ2n) is 7.47. The summed E-state index contributed by atoms with van der Waals surface area (Å²) in [6, 6.07) is 3.32. The molecule has 30 heavy (non-hydrogen) atoms. The van der Waals surface area contributed by atoms with Crippen molar-refractivity contribution >= 4 is 47.0 Å². The zero-order valence-corrected chi connectivity index (χ0v) is 17.7. The predicted molar refractivity (Wildman–Crippen MR) is 117 cm³/mol. The van der Waals surface area contributed by atoms with Crippen molar-refractivity contribution in [3.05, 3.63) is 51.8 Å².